The van der Waals surface area contributed by atoms with Crippen LogP contribution in [0, 0.1) is 17.2 Å². The number of carbonyl (C=O) groups is 1. The molecule has 2 aliphatic rings. The number of nitrogens with zero attached hydrogens (tertiary/aromatic N) is 3. The summed E-state index contributed by atoms with van der Waals surface area (Å²) >= 11 is 0. The molecule has 2 saturated heterocycles. The molecule has 3 atom stereocenters. The van der Waals surface area contributed by atoms with E-state index in [0.717, 1.165) is 25.9 Å². The fraction of sp³-hybridized carbons (Fsp3) is 0.846. The van der Waals surface area contributed by atoms with Crippen LogP contribution in [-0.4, -0.2) is 47.4 Å². The molecule has 1 amide bonds. The Balaban J connectivity index is 1.93. The summed E-state index contributed by atoms with van der Waals surface area (Å²) in [7, 11) is 0. The van der Waals surface area contributed by atoms with Gasteiger partial charge in [0, 0.05) is 38.1 Å². The van der Waals surface area contributed by atoms with Gasteiger partial charge in [-0.1, -0.05) is 6.92 Å². The summed E-state index contributed by atoms with van der Waals surface area (Å²) < 4.78 is 0. The van der Waals surface area contributed by atoms with Crippen LogP contribution in [0.25, 0.3) is 0 Å². The highest BCUT2D eigenvalue weighted by Gasteiger charge is 2.37. The van der Waals surface area contributed by atoms with Gasteiger partial charge in [0.25, 0.3) is 0 Å². The van der Waals surface area contributed by atoms with Crippen molar-refractivity contribution < 1.29 is 4.79 Å². The summed E-state index contributed by atoms with van der Waals surface area (Å²) in [6.45, 7) is 7.16. The van der Waals surface area contributed by atoms with Crippen LogP contribution < -0.4 is 0 Å². The van der Waals surface area contributed by atoms with Crippen LogP contribution in [0.1, 0.15) is 33.1 Å². The van der Waals surface area contributed by atoms with Gasteiger partial charge in [0.05, 0.1) is 12.0 Å². The maximum Gasteiger partial charge on any atom is 0.224 e. The van der Waals surface area contributed by atoms with Crippen molar-refractivity contribution in [3.8, 4) is 6.07 Å². The monoisotopic (exact) mass is 235 g/mol. The standard InChI is InChI=1S/C13H21N3O/c1-3-10(2)15-5-4-12(9-15)16-8-11(7-14)6-13(16)17/h10-12H,3-6,8-9H2,1-2H3. The number of rotatable bonds is 3. The van der Waals surface area contributed by atoms with Crippen LogP contribution in [0.15, 0.2) is 0 Å². The van der Waals surface area contributed by atoms with Gasteiger partial charge in [-0.25, -0.2) is 0 Å². The highest BCUT2D eigenvalue weighted by atomic mass is 16.2. The lowest BCUT2D eigenvalue weighted by atomic mass is 10.1. The van der Waals surface area contributed by atoms with E-state index in [1.54, 1.807) is 0 Å². The summed E-state index contributed by atoms with van der Waals surface area (Å²) in [6.07, 6.45) is 2.64. The summed E-state index contributed by atoms with van der Waals surface area (Å²) in [5.41, 5.74) is 0. The van der Waals surface area contributed by atoms with Crippen molar-refractivity contribution in [1.82, 2.24) is 9.80 Å². The summed E-state index contributed by atoms with van der Waals surface area (Å²) in [5, 5.41) is 8.88. The first-order chi connectivity index (χ1) is 8.15. The topological polar surface area (TPSA) is 47.3 Å². The molecule has 0 aliphatic carbocycles. The molecule has 2 aliphatic heterocycles. The first-order valence-electron chi connectivity index (χ1n) is 6.58. The Kier molecular flexibility index (Phi) is 3.68. The van der Waals surface area contributed by atoms with E-state index in [2.05, 4.69) is 24.8 Å². The molecule has 2 rings (SSSR count). The third kappa shape index (κ3) is 2.44. The molecular weight excluding hydrogens is 214 g/mol. The third-order valence-electron chi connectivity index (χ3n) is 4.19. The fourth-order valence-electron chi connectivity index (χ4n) is 2.85. The second-order valence-corrected chi connectivity index (χ2v) is 5.27. The van der Waals surface area contributed by atoms with Gasteiger partial charge in [-0.05, 0) is 19.8 Å². The van der Waals surface area contributed by atoms with Crippen LogP contribution in [0.3, 0.4) is 0 Å². The van der Waals surface area contributed by atoms with Crippen molar-refractivity contribution in [3.05, 3.63) is 0 Å². The Labute approximate surface area is 103 Å². The molecule has 2 heterocycles. The quantitative estimate of drug-likeness (QED) is 0.739. The van der Waals surface area contributed by atoms with Crippen LogP contribution in [-0.2, 0) is 4.79 Å². The van der Waals surface area contributed by atoms with E-state index in [1.165, 1.54) is 0 Å². The number of carbonyl (C=O) groups excluding carboxylic acids is 1. The minimum absolute atomic E-state index is 0.0832. The van der Waals surface area contributed by atoms with Crippen molar-refractivity contribution in [2.75, 3.05) is 19.6 Å². The SMILES string of the molecule is CCC(C)N1CCC(N2CC(C#N)CC2=O)C1. The molecule has 2 fully saturated rings. The van der Waals surface area contributed by atoms with Gasteiger partial charge < -0.3 is 4.90 Å². The number of likely N-dealkylation sites (tertiary alicyclic amines) is 2. The Hall–Kier alpha value is -1.08. The van der Waals surface area contributed by atoms with Crippen molar-refractivity contribution >= 4 is 5.91 Å². The van der Waals surface area contributed by atoms with Crippen molar-refractivity contribution in [2.45, 2.75) is 45.2 Å². The zero-order valence-corrected chi connectivity index (χ0v) is 10.7. The molecule has 0 aromatic heterocycles. The van der Waals surface area contributed by atoms with E-state index in [9.17, 15) is 4.79 Å². The van der Waals surface area contributed by atoms with E-state index in [-0.39, 0.29) is 11.8 Å². The van der Waals surface area contributed by atoms with Crippen LogP contribution in [0.4, 0.5) is 0 Å². The van der Waals surface area contributed by atoms with Gasteiger partial charge in [0.15, 0.2) is 0 Å². The van der Waals surface area contributed by atoms with Gasteiger partial charge in [-0.15, -0.1) is 0 Å². The molecule has 0 bridgehead atoms. The Morgan fingerprint density at radius 1 is 1.53 bits per heavy atom. The molecule has 4 heteroatoms. The largest absolute Gasteiger partial charge is 0.337 e. The molecule has 17 heavy (non-hydrogen) atoms. The molecule has 4 nitrogen and oxygen atoms in total. The van der Waals surface area contributed by atoms with Crippen molar-refractivity contribution in [2.24, 2.45) is 5.92 Å². The molecule has 0 radical (unpaired) electrons. The third-order valence-corrected chi connectivity index (χ3v) is 4.19. The first kappa shape index (κ1) is 12.4. The summed E-state index contributed by atoms with van der Waals surface area (Å²) in [4.78, 5) is 16.2. The summed E-state index contributed by atoms with van der Waals surface area (Å²) in [5.74, 6) is 0.0905. The maximum atomic E-state index is 11.8. The molecule has 0 aromatic carbocycles. The highest BCUT2D eigenvalue weighted by Crippen LogP contribution is 2.25. The predicted octanol–water partition coefficient (Wildman–Crippen LogP) is 1.23. The van der Waals surface area contributed by atoms with E-state index in [4.69, 9.17) is 5.26 Å². The Morgan fingerprint density at radius 3 is 2.88 bits per heavy atom. The Bertz CT molecular complexity index is 336. The zero-order chi connectivity index (χ0) is 12.4. The van der Waals surface area contributed by atoms with Crippen LogP contribution >= 0.6 is 0 Å². The number of nitriles is 1. The van der Waals surface area contributed by atoms with E-state index in [0.29, 0.717) is 25.0 Å². The molecule has 0 saturated carbocycles. The minimum atomic E-state index is -0.0832. The average molecular weight is 235 g/mol. The van der Waals surface area contributed by atoms with Crippen LogP contribution in [0.2, 0.25) is 0 Å². The molecule has 94 valence electrons. The van der Waals surface area contributed by atoms with E-state index < -0.39 is 0 Å². The molecule has 0 aromatic rings. The average Bonchev–Trinajstić information content (AvgIpc) is 2.94. The van der Waals surface area contributed by atoms with Gasteiger partial charge in [0.2, 0.25) is 5.91 Å². The number of hydrogen-bond donors (Lipinski definition) is 0. The lowest BCUT2D eigenvalue weighted by molar-refractivity contribution is -0.129. The normalized spacial score (nSPS) is 31.8. The van der Waals surface area contributed by atoms with Crippen LogP contribution in [0.5, 0.6) is 0 Å². The van der Waals surface area contributed by atoms with Gasteiger partial charge in [-0.2, -0.15) is 5.26 Å². The second-order valence-electron chi connectivity index (χ2n) is 5.27. The lowest BCUT2D eigenvalue weighted by Crippen LogP contribution is -2.40. The predicted molar refractivity (Wildman–Crippen MR) is 65.2 cm³/mol. The molecule has 0 N–H and O–H groups in total. The van der Waals surface area contributed by atoms with E-state index in [1.807, 2.05) is 4.90 Å². The minimum Gasteiger partial charge on any atom is -0.337 e. The van der Waals surface area contributed by atoms with Crippen molar-refractivity contribution in [1.29, 1.82) is 5.26 Å². The molecular formula is C13H21N3O. The van der Waals surface area contributed by atoms with Crippen molar-refractivity contribution in [3.63, 3.8) is 0 Å². The fourth-order valence-corrected chi connectivity index (χ4v) is 2.85. The number of amides is 1. The first-order valence-corrected chi connectivity index (χ1v) is 6.58. The Morgan fingerprint density at radius 2 is 2.29 bits per heavy atom. The smallest absolute Gasteiger partial charge is 0.224 e. The zero-order valence-electron chi connectivity index (χ0n) is 10.7. The van der Waals surface area contributed by atoms with Gasteiger partial charge in [-0.3, -0.25) is 9.69 Å². The highest BCUT2D eigenvalue weighted by molar-refractivity contribution is 5.79. The van der Waals surface area contributed by atoms with E-state index >= 15 is 0 Å². The number of hydrogen-bond acceptors (Lipinski definition) is 3. The lowest BCUT2D eigenvalue weighted by Gasteiger charge is -2.26. The molecule has 3 unspecified atom stereocenters. The summed E-state index contributed by atoms with van der Waals surface area (Å²) in [6, 6.07) is 3.16. The van der Waals surface area contributed by atoms with Gasteiger partial charge >= 0.3 is 0 Å². The maximum absolute atomic E-state index is 11.8. The molecule has 0 spiro atoms. The second kappa shape index (κ2) is 5.05. The van der Waals surface area contributed by atoms with Gasteiger partial charge in [0.1, 0.15) is 0 Å².